The highest BCUT2D eigenvalue weighted by Gasteiger charge is 2.65. The van der Waals surface area contributed by atoms with Crippen LogP contribution < -0.4 is 0 Å². The van der Waals surface area contributed by atoms with E-state index in [0.717, 1.165) is 25.2 Å². The molecule has 4 aliphatic carbocycles. The maximum atomic E-state index is 12.1. The maximum Gasteiger partial charge on any atom is 0.309 e. The first-order chi connectivity index (χ1) is 10.9. The number of carboxylic acid groups (broad SMARTS) is 1. The average Bonchev–Trinajstić information content (AvgIpc) is 2.77. The molecule has 4 fully saturated rings. The van der Waals surface area contributed by atoms with Crippen LogP contribution in [0.2, 0.25) is 0 Å². The Morgan fingerprint density at radius 1 is 1.04 bits per heavy atom. The molecule has 2 N–H and O–H groups in total. The molecule has 23 heavy (non-hydrogen) atoms. The minimum atomic E-state index is -0.572. The molecule has 7 atom stereocenters. The molecular formula is C20H32O3. The van der Waals surface area contributed by atoms with Crippen LogP contribution in [0.1, 0.15) is 71.6 Å². The molecular weight excluding hydrogens is 288 g/mol. The third kappa shape index (κ3) is 1.95. The first-order valence-corrected chi connectivity index (χ1v) is 9.70. The maximum absolute atomic E-state index is 12.1. The molecule has 0 amide bonds. The third-order valence-corrected chi connectivity index (χ3v) is 9.00. The molecule has 3 heteroatoms. The molecule has 0 saturated heterocycles. The summed E-state index contributed by atoms with van der Waals surface area (Å²) in [6, 6.07) is 0. The Balaban J connectivity index is 1.71. The molecule has 4 rings (SSSR count). The molecule has 0 heterocycles. The highest BCUT2D eigenvalue weighted by molar-refractivity contribution is 5.75. The summed E-state index contributed by atoms with van der Waals surface area (Å²) in [5.41, 5.74) is 0.0811. The number of aliphatic hydroxyl groups excluding tert-OH is 1. The highest BCUT2D eigenvalue weighted by Crippen LogP contribution is 2.72. The van der Waals surface area contributed by atoms with Gasteiger partial charge in [-0.3, -0.25) is 4.79 Å². The fraction of sp³-hybridized carbons (Fsp3) is 0.950. The van der Waals surface area contributed by atoms with E-state index in [1.54, 1.807) is 0 Å². The molecule has 0 aromatic heterocycles. The van der Waals surface area contributed by atoms with E-state index < -0.39 is 11.4 Å². The minimum absolute atomic E-state index is 0.193. The van der Waals surface area contributed by atoms with E-state index in [2.05, 4.69) is 6.92 Å². The van der Waals surface area contributed by atoms with E-state index >= 15 is 0 Å². The molecule has 0 unspecified atom stereocenters. The van der Waals surface area contributed by atoms with Crippen LogP contribution in [0.15, 0.2) is 0 Å². The summed E-state index contributed by atoms with van der Waals surface area (Å²) in [7, 11) is 0. The fourth-order valence-corrected chi connectivity index (χ4v) is 8.06. The van der Waals surface area contributed by atoms with Gasteiger partial charge in [-0.05, 0) is 92.8 Å². The summed E-state index contributed by atoms with van der Waals surface area (Å²) >= 11 is 0. The number of aliphatic carboxylic acids is 1. The number of aliphatic hydroxyl groups is 1. The quantitative estimate of drug-likeness (QED) is 0.805. The van der Waals surface area contributed by atoms with E-state index in [1.807, 2.05) is 6.92 Å². The van der Waals surface area contributed by atoms with Gasteiger partial charge in [-0.15, -0.1) is 0 Å². The zero-order valence-corrected chi connectivity index (χ0v) is 14.7. The molecule has 0 aromatic rings. The number of hydrogen-bond donors (Lipinski definition) is 2. The lowest BCUT2D eigenvalue weighted by Crippen LogP contribution is -2.58. The van der Waals surface area contributed by atoms with Crippen LogP contribution in [-0.4, -0.2) is 22.8 Å². The molecule has 130 valence electrons. The Labute approximate surface area is 139 Å². The van der Waals surface area contributed by atoms with Gasteiger partial charge in [0.2, 0.25) is 0 Å². The monoisotopic (exact) mass is 320 g/mol. The van der Waals surface area contributed by atoms with Gasteiger partial charge in [-0.2, -0.15) is 0 Å². The van der Waals surface area contributed by atoms with Crippen LogP contribution in [0.3, 0.4) is 0 Å². The zero-order chi connectivity index (χ0) is 16.5. The van der Waals surface area contributed by atoms with Crippen molar-refractivity contribution in [3.05, 3.63) is 0 Å². The SMILES string of the molecule is C[C@]12CCC[C@](C)(C(=O)O)[C@@H]1CC[C@]13C[C@H](CO)[C@@H](CC[C@H]12)C3. The molecule has 4 aliphatic rings. The first-order valence-electron chi connectivity index (χ1n) is 9.70. The second-order valence-electron chi connectivity index (χ2n) is 9.78. The fourth-order valence-electron chi connectivity index (χ4n) is 8.06. The summed E-state index contributed by atoms with van der Waals surface area (Å²) in [6.45, 7) is 4.80. The molecule has 1 spiro atoms. The lowest BCUT2D eigenvalue weighted by atomic mass is 9.41. The Morgan fingerprint density at radius 3 is 2.52 bits per heavy atom. The van der Waals surface area contributed by atoms with Crippen LogP contribution in [-0.2, 0) is 4.79 Å². The van der Waals surface area contributed by atoms with Crippen molar-refractivity contribution >= 4 is 5.97 Å². The first kappa shape index (κ1) is 15.9. The Morgan fingerprint density at radius 2 is 1.83 bits per heavy atom. The molecule has 4 saturated carbocycles. The summed E-state index contributed by atoms with van der Waals surface area (Å²) in [5.74, 6) is 1.68. The summed E-state index contributed by atoms with van der Waals surface area (Å²) < 4.78 is 0. The van der Waals surface area contributed by atoms with Crippen molar-refractivity contribution in [2.75, 3.05) is 6.61 Å². The van der Waals surface area contributed by atoms with Crippen molar-refractivity contribution in [2.45, 2.75) is 71.6 Å². The molecule has 0 aliphatic heterocycles. The molecule has 3 nitrogen and oxygen atoms in total. The Hall–Kier alpha value is -0.570. The van der Waals surface area contributed by atoms with Crippen molar-refractivity contribution in [3.63, 3.8) is 0 Å². The zero-order valence-electron chi connectivity index (χ0n) is 14.7. The van der Waals surface area contributed by atoms with Gasteiger partial charge in [0.1, 0.15) is 0 Å². The standard InChI is InChI=1S/C20H32O3/c1-18-7-3-8-19(2,17(22)23)15(18)6-9-20-10-13(4-5-16(18)20)14(11-20)12-21/h13-16,21H,3-12H2,1-2H3,(H,22,23)/t13-,14+,15+,16-,18-,19-,20-/m0/s1. The second-order valence-corrected chi connectivity index (χ2v) is 9.78. The van der Waals surface area contributed by atoms with Gasteiger partial charge in [0.25, 0.3) is 0 Å². The van der Waals surface area contributed by atoms with Gasteiger partial charge in [-0.25, -0.2) is 0 Å². The highest BCUT2D eigenvalue weighted by atomic mass is 16.4. The van der Waals surface area contributed by atoms with Gasteiger partial charge < -0.3 is 10.2 Å². The van der Waals surface area contributed by atoms with E-state index in [1.165, 1.54) is 38.5 Å². The van der Waals surface area contributed by atoms with Crippen LogP contribution >= 0.6 is 0 Å². The van der Waals surface area contributed by atoms with Gasteiger partial charge >= 0.3 is 5.97 Å². The van der Waals surface area contributed by atoms with Crippen LogP contribution in [0.5, 0.6) is 0 Å². The Kier molecular flexibility index (Phi) is 3.44. The normalized spacial score (nSPS) is 55.1. The van der Waals surface area contributed by atoms with Crippen molar-refractivity contribution < 1.29 is 15.0 Å². The lowest BCUT2D eigenvalue weighted by molar-refractivity contribution is -0.181. The van der Waals surface area contributed by atoms with Crippen molar-refractivity contribution in [1.82, 2.24) is 0 Å². The molecule has 0 aromatic carbocycles. The number of fused-ring (bicyclic) bond motifs is 3. The number of carboxylic acids is 1. The number of hydrogen-bond acceptors (Lipinski definition) is 2. The van der Waals surface area contributed by atoms with Gasteiger partial charge in [0.05, 0.1) is 5.41 Å². The van der Waals surface area contributed by atoms with Gasteiger partial charge in [0.15, 0.2) is 0 Å². The minimum Gasteiger partial charge on any atom is -0.481 e. The van der Waals surface area contributed by atoms with Crippen molar-refractivity contribution in [2.24, 2.45) is 39.9 Å². The topological polar surface area (TPSA) is 57.5 Å². The van der Waals surface area contributed by atoms with Gasteiger partial charge in [0, 0.05) is 6.61 Å². The predicted molar refractivity (Wildman–Crippen MR) is 88.9 cm³/mol. The van der Waals surface area contributed by atoms with Crippen LogP contribution in [0, 0.1) is 39.9 Å². The number of rotatable bonds is 2. The van der Waals surface area contributed by atoms with E-state index in [4.69, 9.17) is 0 Å². The second kappa shape index (κ2) is 4.97. The molecule has 0 radical (unpaired) electrons. The van der Waals surface area contributed by atoms with Crippen molar-refractivity contribution in [3.8, 4) is 0 Å². The third-order valence-electron chi connectivity index (χ3n) is 9.00. The predicted octanol–water partition coefficient (Wildman–Crippen LogP) is 4.09. The van der Waals surface area contributed by atoms with E-state index in [9.17, 15) is 15.0 Å². The summed E-state index contributed by atoms with van der Waals surface area (Å²) in [4.78, 5) is 12.1. The van der Waals surface area contributed by atoms with E-state index in [0.29, 0.717) is 29.8 Å². The average molecular weight is 320 g/mol. The summed E-state index contributed by atoms with van der Waals surface area (Å²) in [5, 5.41) is 19.7. The van der Waals surface area contributed by atoms with Gasteiger partial charge in [-0.1, -0.05) is 13.3 Å². The smallest absolute Gasteiger partial charge is 0.309 e. The lowest BCUT2D eigenvalue weighted by Gasteiger charge is -2.63. The number of carbonyl (C=O) groups is 1. The summed E-state index contributed by atoms with van der Waals surface area (Å²) in [6.07, 6.45) is 10.4. The van der Waals surface area contributed by atoms with Crippen LogP contribution in [0.4, 0.5) is 0 Å². The molecule has 2 bridgehead atoms. The van der Waals surface area contributed by atoms with Crippen LogP contribution in [0.25, 0.3) is 0 Å². The largest absolute Gasteiger partial charge is 0.481 e. The van der Waals surface area contributed by atoms with Crippen molar-refractivity contribution in [1.29, 1.82) is 0 Å². The Bertz CT molecular complexity index is 517. The van der Waals surface area contributed by atoms with E-state index in [-0.39, 0.29) is 5.41 Å².